The summed E-state index contributed by atoms with van der Waals surface area (Å²) in [5.74, 6) is -0.769. The maximum Gasteiger partial charge on any atom is 0.543 e. The molecule has 0 heterocycles. The average Bonchev–Trinajstić information content (AvgIpc) is 2.43. The molecule has 0 aliphatic rings. The quantitative estimate of drug-likeness (QED) is 0.470. The van der Waals surface area contributed by atoms with Crippen LogP contribution < -0.4 is 0 Å². The Morgan fingerprint density at radius 1 is 0.913 bits per heavy atom. The van der Waals surface area contributed by atoms with E-state index in [1.807, 2.05) is 32.9 Å². The van der Waals surface area contributed by atoms with E-state index >= 15 is 0 Å². The Balaban J connectivity index is 2.41. The highest BCUT2D eigenvalue weighted by Gasteiger charge is 2.18. The third-order valence-corrected chi connectivity index (χ3v) is 2.82. The Hall–Kier alpha value is -2.08. The maximum absolute atomic E-state index is 11.7. The number of carbonyl (C=O) groups is 2. The fourth-order valence-corrected chi connectivity index (χ4v) is 1.53. The summed E-state index contributed by atoms with van der Waals surface area (Å²) in [6, 6.07) is 6.89. The molecule has 23 heavy (non-hydrogen) atoms. The van der Waals surface area contributed by atoms with Crippen LogP contribution in [0.25, 0.3) is 0 Å². The summed E-state index contributed by atoms with van der Waals surface area (Å²) < 4.78 is 4.77. The first-order chi connectivity index (χ1) is 10.5. The Bertz CT molecular complexity index is 534. The Morgan fingerprint density at radius 2 is 1.48 bits per heavy atom. The molecular formula is C17H24O6. The lowest BCUT2D eigenvalue weighted by Gasteiger charge is -2.18. The molecule has 0 saturated heterocycles. The molecule has 6 heteroatoms. The van der Waals surface area contributed by atoms with E-state index in [-0.39, 0.29) is 23.0 Å². The predicted octanol–water partition coefficient (Wildman–Crippen LogP) is 4.19. The lowest BCUT2D eigenvalue weighted by molar-refractivity contribution is -0.452. The number of hydrogen-bond acceptors (Lipinski definition) is 6. The molecule has 0 amide bonds. The van der Waals surface area contributed by atoms with E-state index < -0.39 is 12.1 Å². The zero-order chi connectivity index (χ0) is 17.7. The molecule has 0 bridgehead atoms. The smallest absolute Gasteiger partial charge is 0.432 e. The molecule has 0 aliphatic carbocycles. The van der Waals surface area contributed by atoms with E-state index in [4.69, 9.17) is 4.74 Å². The van der Waals surface area contributed by atoms with Gasteiger partial charge in [-0.2, -0.15) is 0 Å². The molecule has 1 aromatic carbocycles. The monoisotopic (exact) mass is 324 g/mol. The van der Waals surface area contributed by atoms with Gasteiger partial charge in [0.25, 0.3) is 0 Å². The molecule has 0 aliphatic heterocycles. The molecule has 0 N–H and O–H groups in total. The van der Waals surface area contributed by atoms with Crippen molar-refractivity contribution >= 4 is 12.1 Å². The summed E-state index contributed by atoms with van der Waals surface area (Å²) in [7, 11) is 0. The van der Waals surface area contributed by atoms with Crippen LogP contribution in [0.4, 0.5) is 4.79 Å². The number of carbonyl (C=O) groups excluding carboxylic acids is 2. The highest BCUT2D eigenvalue weighted by molar-refractivity contribution is 5.88. The van der Waals surface area contributed by atoms with Crippen molar-refractivity contribution in [2.75, 3.05) is 6.61 Å². The fraction of sp³-hybridized carbons (Fsp3) is 0.529. The van der Waals surface area contributed by atoms with Gasteiger partial charge in [-0.05, 0) is 28.5 Å². The fourth-order valence-electron chi connectivity index (χ4n) is 1.53. The number of rotatable bonds is 4. The topological polar surface area (TPSA) is 71.1 Å². The van der Waals surface area contributed by atoms with E-state index in [2.05, 4.69) is 35.6 Å². The second-order valence-electron chi connectivity index (χ2n) is 7.45. The zero-order valence-electron chi connectivity index (χ0n) is 14.5. The van der Waals surface area contributed by atoms with Gasteiger partial charge in [0, 0.05) is 0 Å². The van der Waals surface area contributed by atoms with Crippen LogP contribution in [-0.2, 0) is 25.0 Å². The summed E-state index contributed by atoms with van der Waals surface area (Å²) >= 11 is 0. The Labute approximate surface area is 136 Å². The van der Waals surface area contributed by atoms with Crippen molar-refractivity contribution in [2.45, 2.75) is 47.0 Å². The molecule has 0 spiro atoms. The summed E-state index contributed by atoms with van der Waals surface area (Å²) in [6.45, 7) is 12.0. The molecule has 0 radical (unpaired) electrons. The maximum atomic E-state index is 11.7. The minimum atomic E-state index is -1.07. The van der Waals surface area contributed by atoms with Crippen LogP contribution >= 0.6 is 0 Å². The van der Waals surface area contributed by atoms with Gasteiger partial charge in [0.15, 0.2) is 0 Å². The Morgan fingerprint density at radius 3 is 1.96 bits per heavy atom. The van der Waals surface area contributed by atoms with Crippen molar-refractivity contribution in [3.8, 4) is 0 Å². The first-order valence-electron chi connectivity index (χ1n) is 7.32. The standard InChI is InChI=1S/C17H24O6/c1-16(2,3)11-20-15(19)22-23-21-14(18)12-7-9-13(10-8-12)17(4,5)6/h7-10H,11H2,1-6H3. The van der Waals surface area contributed by atoms with Crippen molar-refractivity contribution in [1.29, 1.82) is 0 Å². The average molecular weight is 324 g/mol. The van der Waals surface area contributed by atoms with Crippen molar-refractivity contribution in [3.05, 3.63) is 35.4 Å². The molecule has 6 nitrogen and oxygen atoms in total. The van der Waals surface area contributed by atoms with Crippen LogP contribution in [0.15, 0.2) is 24.3 Å². The zero-order valence-corrected chi connectivity index (χ0v) is 14.5. The predicted molar refractivity (Wildman–Crippen MR) is 83.5 cm³/mol. The van der Waals surface area contributed by atoms with Crippen molar-refractivity contribution < 1.29 is 29.1 Å². The van der Waals surface area contributed by atoms with E-state index in [9.17, 15) is 9.59 Å². The molecule has 128 valence electrons. The van der Waals surface area contributed by atoms with Gasteiger partial charge in [-0.1, -0.05) is 53.7 Å². The molecule has 0 fully saturated rings. The van der Waals surface area contributed by atoms with Gasteiger partial charge in [-0.15, -0.1) is 0 Å². The van der Waals surface area contributed by atoms with Gasteiger partial charge in [0.1, 0.15) is 0 Å². The van der Waals surface area contributed by atoms with Crippen LogP contribution in [-0.4, -0.2) is 18.7 Å². The van der Waals surface area contributed by atoms with Crippen LogP contribution in [0.5, 0.6) is 0 Å². The minimum absolute atomic E-state index is 0.0150. The third-order valence-electron chi connectivity index (χ3n) is 2.82. The number of hydrogen-bond donors (Lipinski definition) is 0. The number of ether oxygens (including phenoxy) is 1. The van der Waals surface area contributed by atoms with Crippen LogP contribution in [0.3, 0.4) is 0 Å². The summed E-state index contributed by atoms with van der Waals surface area (Å²) in [5.41, 5.74) is 1.14. The molecule has 1 aromatic rings. The lowest BCUT2D eigenvalue weighted by Crippen LogP contribution is -2.19. The van der Waals surface area contributed by atoms with Crippen LogP contribution in [0.2, 0.25) is 0 Å². The van der Waals surface area contributed by atoms with Crippen LogP contribution in [0, 0.1) is 5.41 Å². The summed E-state index contributed by atoms with van der Waals surface area (Å²) in [5, 5.41) is 4.15. The number of benzene rings is 1. The first-order valence-corrected chi connectivity index (χ1v) is 7.32. The second-order valence-corrected chi connectivity index (χ2v) is 7.45. The minimum Gasteiger partial charge on any atom is -0.432 e. The van der Waals surface area contributed by atoms with Gasteiger partial charge >= 0.3 is 12.1 Å². The first kappa shape index (κ1) is 19.0. The van der Waals surface area contributed by atoms with Gasteiger partial charge in [-0.25, -0.2) is 14.5 Å². The summed E-state index contributed by atoms with van der Waals surface area (Å²) in [4.78, 5) is 31.5. The lowest BCUT2D eigenvalue weighted by atomic mass is 9.87. The molecule has 0 atom stereocenters. The molecule has 0 unspecified atom stereocenters. The largest absolute Gasteiger partial charge is 0.543 e. The third kappa shape index (κ3) is 7.15. The van der Waals surface area contributed by atoms with Crippen molar-refractivity contribution in [2.24, 2.45) is 5.41 Å². The molecule has 0 aromatic heterocycles. The Kier molecular flexibility index (Phi) is 6.15. The van der Waals surface area contributed by atoms with E-state index in [1.165, 1.54) is 0 Å². The second kappa shape index (κ2) is 7.46. The molecular weight excluding hydrogens is 300 g/mol. The van der Waals surface area contributed by atoms with Gasteiger partial charge in [-0.3, -0.25) is 4.89 Å². The molecule has 1 rings (SSSR count). The van der Waals surface area contributed by atoms with Gasteiger partial charge in [0.05, 0.1) is 17.2 Å². The van der Waals surface area contributed by atoms with Crippen molar-refractivity contribution in [3.63, 3.8) is 0 Å². The van der Waals surface area contributed by atoms with Crippen molar-refractivity contribution in [1.82, 2.24) is 0 Å². The SMILES string of the molecule is CC(C)(C)COC(=O)OOOC(=O)c1ccc(C(C)(C)C)cc1. The van der Waals surface area contributed by atoms with Gasteiger partial charge < -0.3 is 4.74 Å². The normalized spacial score (nSPS) is 11.7. The van der Waals surface area contributed by atoms with E-state index in [0.29, 0.717) is 0 Å². The van der Waals surface area contributed by atoms with E-state index in [0.717, 1.165) is 5.56 Å². The highest BCUT2D eigenvalue weighted by atomic mass is 17.5. The van der Waals surface area contributed by atoms with E-state index in [1.54, 1.807) is 12.1 Å². The molecule has 0 saturated carbocycles. The van der Waals surface area contributed by atoms with Crippen LogP contribution in [0.1, 0.15) is 57.5 Å². The highest BCUT2D eigenvalue weighted by Crippen LogP contribution is 2.22. The van der Waals surface area contributed by atoms with Gasteiger partial charge in [0.2, 0.25) is 0 Å². The summed E-state index contributed by atoms with van der Waals surface area (Å²) in [6.07, 6.45) is -1.07.